The van der Waals surface area contributed by atoms with E-state index in [0.717, 1.165) is 5.56 Å². The molecule has 0 fully saturated rings. The number of benzene rings is 2. The summed E-state index contributed by atoms with van der Waals surface area (Å²) in [6.07, 6.45) is 2.80. The van der Waals surface area contributed by atoms with E-state index >= 15 is 0 Å². The van der Waals surface area contributed by atoms with E-state index in [1.165, 1.54) is 18.2 Å². The van der Waals surface area contributed by atoms with E-state index in [1.807, 2.05) is 6.07 Å². The lowest BCUT2D eigenvalue weighted by atomic mass is 10.1. The monoisotopic (exact) mass is 359 g/mol. The van der Waals surface area contributed by atoms with Crippen LogP contribution < -0.4 is 10.9 Å². The van der Waals surface area contributed by atoms with Gasteiger partial charge in [0.2, 0.25) is 0 Å². The van der Waals surface area contributed by atoms with Crippen LogP contribution in [0, 0.1) is 11.3 Å². The number of halogens is 2. The number of hydrazine groups is 1. The first kappa shape index (κ1) is 17.5. The third kappa shape index (κ3) is 4.85. The van der Waals surface area contributed by atoms with Crippen LogP contribution in [0.5, 0.6) is 0 Å². The molecule has 0 atom stereocenters. The Morgan fingerprint density at radius 3 is 2.42 bits per heavy atom. The molecule has 0 aliphatic carbocycles. The van der Waals surface area contributed by atoms with Crippen molar-refractivity contribution in [2.75, 3.05) is 0 Å². The summed E-state index contributed by atoms with van der Waals surface area (Å²) in [4.78, 5) is 23.6. The lowest BCUT2D eigenvalue weighted by Gasteiger charge is -2.07. The second-order valence-electron chi connectivity index (χ2n) is 4.63. The van der Waals surface area contributed by atoms with Gasteiger partial charge in [-0.15, -0.1) is 0 Å². The van der Waals surface area contributed by atoms with Crippen LogP contribution in [-0.4, -0.2) is 11.8 Å². The molecule has 0 aliphatic heterocycles. The molecule has 2 rings (SSSR count). The normalized spacial score (nSPS) is 10.2. The van der Waals surface area contributed by atoms with Crippen LogP contribution >= 0.6 is 23.2 Å². The van der Waals surface area contributed by atoms with Crippen molar-refractivity contribution in [2.45, 2.75) is 0 Å². The third-order valence-corrected chi connectivity index (χ3v) is 3.50. The Bertz CT molecular complexity index is 840. The van der Waals surface area contributed by atoms with Gasteiger partial charge in [0.1, 0.15) is 0 Å². The van der Waals surface area contributed by atoms with Gasteiger partial charge >= 0.3 is 0 Å². The van der Waals surface area contributed by atoms with Gasteiger partial charge in [-0.05, 0) is 42.0 Å². The molecule has 7 heteroatoms. The van der Waals surface area contributed by atoms with E-state index in [4.69, 9.17) is 28.5 Å². The largest absolute Gasteiger partial charge is 0.271 e. The number of rotatable bonds is 3. The highest BCUT2D eigenvalue weighted by Crippen LogP contribution is 2.20. The first-order valence-electron chi connectivity index (χ1n) is 6.73. The second kappa shape index (κ2) is 8.16. The molecular formula is C17H11Cl2N3O2. The SMILES string of the molecule is N#Cc1ccc(/C=C/C(=O)NNC(=O)c2cc(Cl)ccc2Cl)cc1. The van der Waals surface area contributed by atoms with Crippen molar-refractivity contribution < 1.29 is 9.59 Å². The third-order valence-electron chi connectivity index (χ3n) is 2.94. The van der Waals surface area contributed by atoms with E-state index in [2.05, 4.69) is 10.9 Å². The van der Waals surface area contributed by atoms with Gasteiger partial charge < -0.3 is 0 Å². The predicted octanol–water partition coefficient (Wildman–Crippen LogP) is 3.34. The minimum absolute atomic E-state index is 0.153. The maximum atomic E-state index is 11.9. The highest BCUT2D eigenvalue weighted by Gasteiger charge is 2.11. The Labute approximate surface area is 148 Å². The average Bonchev–Trinajstić information content (AvgIpc) is 2.60. The highest BCUT2D eigenvalue weighted by molar-refractivity contribution is 6.35. The smallest absolute Gasteiger partial charge is 0.268 e. The topological polar surface area (TPSA) is 82.0 Å². The Hall–Kier alpha value is -2.81. The van der Waals surface area contributed by atoms with Gasteiger partial charge in [0.15, 0.2) is 0 Å². The van der Waals surface area contributed by atoms with Crippen molar-refractivity contribution in [1.29, 1.82) is 5.26 Å². The summed E-state index contributed by atoms with van der Waals surface area (Å²) in [5.41, 5.74) is 5.91. The number of carbonyl (C=O) groups is 2. The predicted molar refractivity (Wildman–Crippen MR) is 92.3 cm³/mol. The Kier molecular flexibility index (Phi) is 5.96. The number of nitrogens with one attached hydrogen (secondary N) is 2. The fourth-order valence-electron chi connectivity index (χ4n) is 1.74. The van der Waals surface area contributed by atoms with Crippen LogP contribution in [0.3, 0.4) is 0 Å². The molecule has 2 N–H and O–H groups in total. The van der Waals surface area contributed by atoms with Crippen LogP contribution in [0.2, 0.25) is 10.0 Å². The minimum Gasteiger partial charge on any atom is -0.268 e. The molecule has 0 aliphatic rings. The number of nitrogens with zero attached hydrogens (tertiary/aromatic N) is 1. The molecule has 0 saturated carbocycles. The zero-order valence-electron chi connectivity index (χ0n) is 12.2. The number of hydrogen-bond acceptors (Lipinski definition) is 3. The second-order valence-corrected chi connectivity index (χ2v) is 5.48. The van der Waals surface area contributed by atoms with Crippen molar-refractivity contribution in [1.82, 2.24) is 10.9 Å². The number of nitriles is 1. The molecule has 2 aromatic carbocycles. The molecular weight excluding hydrogens is 349 g/mol. The Morgan fingerprint density at radius 2 is 1.75 bits per heavy atom. The van der Waals surface area contributed by atoms with Gasteiger partial charge in [0.25, 0.3) is 11.8 Å². The molecule has 2 aromatic rings. The van der Waals surface area contributed by atoms with Crippen LogP contribution in [0.1, 0.15) is 21.5 Å². The summed E-state index contributed by atoms with van der Waals surface area (Å²) in [5, 5.41) is 9.29. The zero-order chi connectivity index (χ0) is 17.5. The maximum absolute atomic E-state index is 11.9. The molecule has 120 valence electrons. The molecule has 0 unspecified atom stereocenters. The molecule has 5 nitrogen and oxygen atoms in total. The highest BCUT2D eigenvalue weighted by atomic mass is 35.5. The van der Waals surface area contributed by atoms with E-state index in [9.17, 15) is 9.59 Å². The Morgan fingerprint density at radius 1 is 1.04 bits per heavy atom. The molecule has 0 radical (unpaired) electrons. The average molecular weight is 360 g/mol. The van der Waals surface area contributed by atoms with Crippen molar-refractivity contribution >= 4 is 41.1 Å². The van der Waals surface area contributed by atoms with E-state index in [1.54, 1.807) is 36.4 Å². The van der Waals surface area contributed by atoms with Crippen molar-refractivity contribution in [3.63, 3.8) is 0 Å². The van der Waals surface area contributed by atoms with Crippen molar-refractivity contribution in [3.05, 3.63) is 75.3 Å². The van der Waals surface area contributed by atoms with Crippen LogP contribution in [-0.2, 0) is 4.79 Å². The first-order chi connectivity index (χ1) is 11.5. The van der Waals surface area contributed by atoms with Gasteiger partial charge in [-0.2, -0.15) is 5.26 Å². The standard InChI is InChI=1S/C17H11Cl2N3O2/c18-13-6-7-15(19)14(9-13)17(24)22-21-16(23)8-5-11-1-3-12(10-20)4-2-11/h1-9H,(H,21,23)(H,22,24)/b8-5+. The lowest BCUT2D eigenvalue weighted by Crippen LogP contribution is -2.40. The fraction of sp³-hybridized carbons (Fsp3) is 0. The maximum Gasteiger partial charge on any atom is 0.271 e. The summed E-state index contributed by atoms with van der Waals surface area (Å²) in [6, 6.07) is 13.1. The van der Waals surface area contributed by atoms with Crippen molar-refractivity contribution in [2.24, 2.45) is 0 Å². The van der Waals surface area contributed by atoms with E-state index in [0.29, 0.717) is 10.6 Å². The van der Waals surface area contributed by atoms with Crippen LogP contribution in [0.25, 0.3) is 6.08 Å². The Balaban J connectivity index is 1.92. The molecule has 0 aromatic heterocycles. The molecule has 0 bridgehead atoms. The number of hydrogen-bond donors (Lipinski definition) is 2. The molecule has 0 spiro atoms. The zero-order valence-corrected chi connectivity index (χ0v) is 13.7. The van der Waals surface area contributed by atoms with Crippen LogP contribution in [0.4, 0.5) is 0 Å². The molecule has 0 heterocycles. The first-order valence-corrected chi connectivity index (χ1v) is 7.49. The van der Waals surface area contributed by atoms with Crippen LogP contribution in [0.15, 0.2) is 48.5 Å². The number of amides is 2. The molecule has 24 heavy (non-hydrogen) atoms. The van der Waals surface area contributed by atoms with Crippen molar-refractivity contribution in [3.8, 4) is 6.07 Å². The summed E-state index contributed by atoms with van der Waals surface area (Å²) in [6.45, 7) is 0. The van der Waals surface area contributed by atoms with Gasteiger partial charge in [0.05, 0.1) is 22.2 Å². The lowest BCUT2D eigenvalue weighted by molar-refractivity contribution is -0.117. The summed E-state index contributed by atoms with van der Waals surface area (Å²) < 4.78 is 0. The van der Waals surface area contributed by atoms with Gasteiger partial charge in [-0.3, -0.25) is 20.4 Å². The summed E-state index contributed by atoms with van der Waals surface area (Å²) in [5.74, 6) is -1.10. The molecule has 0 saturated heterocycles. The summed E-state index contributed by atoms with van der Waals surface area (Å²) >= 11 is 11.7. The van der Waals surface area contributed by atoms with E-state index in [-0.39, 0.29) is 10.6 Å². The van der Waals surface area contributed by atoms with E-state index < -0.39 is 11.8 Å². The van der Waals surface area contributed by atoms with Gasteiger partial charge in [-0.1, -0.05) is 35.3 Å². The number of carbonyl (C=O) groups excluding carboxylic acids is 2. The summed E-state index contributed by atoms with van der Waals surface area (Å²) in [7, 11) is 0. The fourth-order valence-corrected chi connectivity index (χ4v) is 2.12. The minimum atomic E-state index is -0.581. The van der Waals surface area contributed by atoms with Gasteiger partial charge in [-0.25, -0.2) is 0 Å². The quantitative estimate of drug-likeness (QED) is 0.651. The molecule has 2 amide bonds. The van der Waals surface area contributed by atoms with Gasteiger partial charge in [0, 0.05) is 11.1 Å².